The second kappa shape index (κ2) is 9.51. The third-order valence-corrected chi connectivity index (χ3v) is 6.61. The van der Waals surface area contributed by atoms with E-state index >= 15 is 0 Å². The highest BCUT2D eigenvalue weighted by atomic mass is 35.5. The van der Waals surface area contributed by atoms with Crippen LogP contribution in [0.4, 0.5) is 32.0 Å². The van der Waals surface area contributed by atoms with Crippen LogP contribution in [0.3, 0.4) is 0 Å². The molecule has 0 spiro atoms. The molecule has 2 aromatic carbocycles. The number of β-amino-alcohol motifs (C(OH)–C–C–N with tert-alkyl or cyclic N) is 1. The fourth-order valence-electron chi connectivity index (χ4n) is 4.49. The Bertz CT molecular complexity index is 1040. The van der Waals surface area contributed by atoms with Crippen LogP contribution >= 0.6 is 11.6 Å². The van der Waals surface area contributed by atoms with Gasteiger partial charge in [-0.15, -0.1) is 0 Å². The van der Waals surface area contributed by atoms with Crippen LogP contribution in [0.5, 0.6) is 0 Å². The van der Waals surface area contributed by atoms with Crippen molar-refractivity contribution in [1.29, 1.82) is 0 Å². The van der Waals surface area contributed by atoms with Gasteiger partial charge in [0.15, 0.2) is 0 Å². The topological polar surface area (TPSA) is 47.0 Å². The molecular weight excluding hydrogens is 500 g/mol. The third-order valence-electron chi connectivity index (χ3n) is 6.36. The number of rotatable bonds is 3. The monoisotopic (exact) mass is 521 g/mol. The van der Waals surface area contributed by atoms with Gasteiger partial charge < -0.3 is 14.9 Å². The quantitative estimate of drug-likeness (QED) is 0.609. The lowest BCUT2D eigenvalue weighted by Crippen LogP contribution is -2.54. The third kappa shape index (κ3) is 5.68. The number of amides is 1. The van der Waals surface area contributed by atoms with Gasteiger partial charge >= 0.3 is 12.4 Å². The molecule has 2 aliphatic rings. The van der Waals surface area contributed by atoms with E-state index in [1.54, 1.807) is 29.2 Å². The van der Waals surface area contributed by atoms with Gasteiger partial charge in [0.2, 0.25) is 0 Å². The summed E-state index contributed by atoms with van der Waals surface area (Å²) < 4.78 is 79.4. The Morgan fingerprint density at radius 1 is 0.857 bits per heavy atom. The predicted octanol–water partition coefficient (Wildman–Crippen LogP) is 4.39. The van der Waals surface area contributed by atoms with Crippen molar-refractivity contribution in [3.63, 3.8) is 0 Å². The maximum atomic E-state index is 13.2. The van der Waals surface area contributed by atoms with Gasteiger partial charge in [0.25, 0.3) is 5.91 Å². The number of hydrogen-bond donors (Lipinski definition) is 1. The second-order valence-corrected chi connectivity index (χ2v) is 9.08. The first-order valence-electron chi connectivity index (χ1n) is 10.8. The van der Waals surface area contributed by atoms with Gasteiger partial charge in [-0.1, -0.05) is 11.6 Å². The number of hydrogen-bond acceptors (Lipinski definition) is 4. The molecular formula is C23H22ClF6N3O2. The largest absolute Gasteiger partial charge is 0.416 e. The van der Waals surface area contributed by atoms with Gasteiger partial charge in [-0.3, -0.25) is 9.69 Å². The summed E-state index contributed by atoms with van der Waals surface area (Å²) in [6.45, 7) is 1.51. The molecule has 2 atom stereocenters. The first-order valence-corrected chi connectivity index (χ1v) is 11.2. The van der Waals surface area contributed by atoms with Crippen LogP contribution in [-0.4, -0.2) is 72.2 Å². The number of anilines is 1. The van der Waals surface area contributed by atoms with Crippen LogP contribution in [0.15, 0.2) is 42.5 Å². The number of carbonyl (C=O) groups is 1. The average molecular weight is 522 g/mol. The van der Waals surface area contributed by atoms with Crippen molar-refractivity contribution in [3.8, 4) is 0 Å². The normalized spacial score (nSPS) is 22.1. The van der Waals surface area contributed by atoms with E-state index < -0.39 is 35.6 Å². The van der Waals surface area contributed by atoms with Crippen LogP contribution in [0.25, 0.3) is 0 Å². The van der Waals surface area contributed by atoms with E-state index in [4.69, 9.17) is 11.6 Å². The lowest BCUT2D eigenvalue weighted by Gasteiger charge is -2.38. The highest BCUT2D eigenvalue weighted by Crippen LogP contribution is 2.39. The molecule has 190 valence electrons. The average Bonchev–Trinajstić information content (AvgIpc) is 3.19. The Hall–Kier alpha value is -2.50. The number of piperazine rings is 1. The van der Waals surface area contributed by atoms with Gasteiger partial charge in [0.1, 0.15) is 0 Å². The molecule has 0 bridgehead atoms. The minimum absolute atomic E-state index is 0.0604. The summed E-state index contributed by atoms with van der Waals surface area (Å²) in [5.74, 6) is -0.168. The molecule has 2 aromatic rings. The molecule has 5 nitrogen and oxygen atoms in total. The standard InChI is InChI=1S/C23H22ClF6N3O2/c24-17-3-1-14(2-4-17)21(35)32-7-5-31(6-8-32)19-12-33(13-20(19)34)18-10-15(22(25,26)27)9-16(11-18)23(28,29)30/h1-4,9-11,19-20,34H,5-8,12-13H2. The fourth-order valence-corrected chi connectivity index (χ4v) is 4.62. The van der Waals surface area contributed by atoms with Gasteiger partial charge in [-0.05, 0) is 42.5 Å². The number of aliphatic hydroxyl groups excluding tert-OH is 1. The predicted molar refractivity (Wildman–Crippen MR) is 117 cm³/mol. The molecule has 0 aromatic heterocycles. The SMILES string of the molecule is O=C(c1ccc(Cl)cc1)N1CCN(C2CN(c3cc(C(F)(F)F)cc(C(F)(F)F)c3)CC2O)CC1. The Morgan fingerprint density at radius 2 is 1.40 bits per heavy atom. The summed E-state index contributed by atoms with van der Waals surface area (Å²) in [7, 11) is 0. The van der Waals surface area contributed by atoms with Crippen molar-refractivity contribution >= 4 is 23.2 Å². The van der Waals surface area contributed by atoms with Crippen molar-refractivity contribution in [2.24, 2.45) is 0 Å². The number of halogens is 7. The maximum absolute atomic E-state index is 13.2. The van der Waals surface area contributed by atoms with E-state index in [1.165, 1.54) is 4.90 Å². The molecule has 1 amide bonds. The number of nitrogens with zero attached hydrogens (tertiary/aromatic N) is 3. The van der Waals surface area contributed by atoms with Gasteiger partial charge in [-0.2, -0.15) is 26.3 Å². The van der Waals surface area contributed by atoms with E-state index in [2.05, 4.69) is 0 Å². The molecule has 0 saturated carbocycles. The molecule has 2 unspecified atom stereocenters. The zero-order valence-electron chi connectivity index (χ0n) is 18.3. The number of alkyl halides is 6. The van der Waals surface area contributed by atoms with Crippen LogP contribution in [0.1, 0.15) is 21.5 Å². The summed E-state index contributed by atoms with van der Waals surface area (Å²) in [4.78, 5) is 17.6. The molecule has 2 aliphatic heterocycles. The first kappa shape index (κ1) is 25.6. The molecule has 12 heteroatoms. The van der Waals surface area contributed by atoms with Crippen molar-refractivity contribution in [3.05, 3.63) is 64.2 Å². The molecule has 0 radical (unpaired) electrons. The van der Waals surface area contributed by atoms with Crippen molar-refractivity contribution < 1.29 is 36.2 Å². The van der Waals surface area contributed by atoms with E-state index in [0.717, 1.165) is 0 Å². The van der Waals surface area contributed by atoms with Crippen molar-refractivity contribution in [2.75, 3.05) is 44.2 Å². The number of aliphatic hydroxyl groups is 1. The minimum atomic E-state index is -4.94. The van der Waals surface area contributed by atoms with E-state index in [0.29, 0.717) is 48.9 Å². The van der Waals surface area contributed by atoms with Gasteiger partial charge in [0.05, 0.1) is 23.3 Å². The lowest BCUT2D eigenvalue weighted by molar-refractivity contribution is -0.143. The van der Waals surface area contributed by atoms with Gasteiger partial charge in [-0.25, -0.2) is 0 Å². The first-order chi connectivity index (χ1) is 16.3. The second-order valence-electron chi connectivity index (χ2n) is 8.64. The zero-order chi connectivity index (χ0) is 25.5. The van der Waals surface area contributed by atoms with Crippen molar-refractivity contribution in [2.45, 2.75) is 24.5 Å². The molecule has 2 saturated heterocycles. The summed E-state index contributed by atoms with van der Waals surface area (Å²) >= 11 is 5.85. The minimum Gasteiger partial charge on any atom is -0.390 e. The molecule has 1 N–H and O–H groups in total. The zero-order valence-corrected chi connectivity index (χ0v) is 19.0. The lowest BCUT2D eigenvalue weighted by atomic mass is 10.1. The Kier molecular flexibility index (Phi) is 6.96. The Balaban J connectivity index is 1.45. The molecule has 35 heavy (non-hydrogen) atoms. The highest BCUT2D eigenvalue weighted by Gasteiger charge is 2.41. The summed E-state index contributed by atoms with van der Waals surface area (Å²) in [5, 5.41) is 11.1. The Morgan fingerprint density at radius 3 is 1.91 bits per heavy atom. The highest BCUT2D eigenvalue weighted by molar-refractivity contribution is 6.30. The molecule has 0 aliphatic carbocycles. The maximum Gasteiger partial charge on any atom is 0.416 e. The Labute approximate surface area is 202 Å². The number of benzene rings is 2. The van der Waals surface area contributed by atoms with Crippen LogP contribution in [0.2, 0.25) is 5.02 Å². The van der Waals surface area contributed by atoms with Crippen LogP contribution < -0.4 is 4.90 Å². The van der Waals surface area contributed by atoms with Crippen molar-refractivity contribution in [1.82, 2.24) is 9.80 Å². The smallest absolute Gasteiger partial charge is 0.390 e. The van der Waals surface area contributed by atoms with Crippen LogP contribution in [0, 0.1) is 0 Å². The van der Waals surface area contributed by atoms with E-state index in [-0.39, 0.29) is 30.8 Å². The number of carbonyl (C=O) groups excluding carboxylic acids is 1. The molecule has 2 fully saturated rings. The summed E-state index contributed by atoms with van der Waals surface area (Å²) in [6.07, 6.45) is -10.9. The summed E-state index contributed by atoms with van der Waals surface area (Å²) in [6, 6.07) is 7.43. The van der Waals surface area contributed by atoms with E-state index in [1.807, 2.05) is 4.90 Å². The fraction of sp³-hybridized carbons (Fsp3) is 0.435. The molecule has 2 heterocycles. The van der Waals surface area contributed by atoms with Crippen LogP contribution in [-0.2, 0) is 12.4 Å². The summed E-state index contributed by atoms with van der Waals surface area (Å²) in [5.41, 5.74) is -2.55. The van der Waals surface area contributed by atoms with E-state index in [9.17, 15) is 36.2 Å². The molecule has 4 rings (SSSR count). The van der Waals surface area contributed by atoms with Gasteiger partial charge in [0, 0.05) is 55.5 Å².